The highest BCUT2D eigenvalue weighted by Crippen LogP contribution is 2.46. The first-order valence-corrected chi connectivity index (χ1v) is 8.68. The van der Waals surface area contributed by atoms with Crippen LogP contribution in [0.3, 0.4) is 0 Å². The Labute approximate surface area is 144 Å². The van der Waals surface area contributed by atoms with Crippen LogP contribution in [0.4, 0.5) is 4.79 Å². The molecule has 1 aromatic carbocycles. The van der Waals surface area contributed by atoms with Gasteiger partial charge in [0.25, 0.3) is 0 Å². The smallest absolute Gasteiger partial charge is 0.410 e. The molecule has 2 fully saturated rings. The maximum Gasteiger partial charge on any atom is 0.410 e. The molecule has 0 spiro atoms. The molecule has 1 N–H and O–H groups in total. The summed E-state index contributed by atoms with van der Waals surface area (Å²) in [5.41, 5.74) is 0.537. The maximum absolute atomic E-state index is 12.5. The van der Waals surface area contributed by atoms with Gasteiger partial charge in [-0.3, -0.25) is 0 Å². The third-order valence-electron chi connectivity index (χ3n) is 5.03. The quantitative estimate of drug-likeness (QED) is 0.889. The molecule has 4 nitrogen and oxygen atoms in total. The SMILES string of the molecule is C=Cc1cccc(C2(O)CC3CCC(C2)N3C(=O)OC(C)(C)C)c1. The average Bonchev–Trinajstić information content (AvgIpc) is 2.78. The zero-order valence-corrected chi connectivity index (χ0v) is 14.8. The van der Waals surface area contributed by atoms with Crippen LogP contribution in [-0.2, 0) is 10.3 Å². The van der Waals surface area contributed by atoms with Crippen molar-refractivity contribution in [2.75, 3.05) is 0 Å². The third kappa shape index (κ3) is 3.20. The number of carbonyl (C=O) groups is 1. The van der Waals surface area contributed by atoms with Gasteiger partial charge in [-0.25, -0.2) is 4.79 Å². The number of hydrogen-bond donors (Lipinski definition) is 1. The first-order chi connectivity index (χ1) is 11.2. The molecule has 2 unspecified atom stereocenters. The van der Waals surface area contributed by atoms with E-state index >= 15 is 0 Å². The van der Waals surface area contributed by atoms with Crippen LogP contribution in [0.2, 0.25) is 0 Å². The first kappa shape index (κ1) is 17.0. The van der Waals surface area contributed by atoms with Crippen LogP contribution in [0.15, 0.2) is 30.8 Å². The van der Waals surface area contributed by atoms with E-state index in [2.05, 4.69) is 6.58 Å². The lowest BCUT2D eigenvalue weighted by atomic mass is 9.80. The van der Waals surface area contributed by atoms with Gasteiger partial charge in [0, 0.05) is 24.9 Å². The molecule has 2 aliphatic heterocycles. The van der Waals surface area contributed by atoms with Crippen molar-refractivity contribution < 1.29 is 14.6 Å². The molecule has 24 heavy (non-hydrogen) atoms. The molecule has 2 aliphatic rings. The van der Waals surface area contributed by atoms with Crippen LogP contribution in [0.25, 0.3) is 6.08 Å². The number of benzene rings is 1. The second-order valence-corrected chi connectivity index (χ2v) is 8.04. The topological polar surface area (TPSA) is 49.8 Å². The molecular weight excluding hydrogens is 302 g/mol. The number of carbonyl (C=O) groups excluding carboxylic acids is 1. The molecule has 4 heteroatoms. The summed E-state index contributed by atoms with van der Waals surface area (Å²) in [7, 11) is 0. The molecule has 2 heterocycles. The number of nitrogens with zero attached hydrogens (tertiary/aromatic N) is 1. The van der Waals surface area contributed by atoms with E-state index in [1.807, 2.05) is 49.9 Å². The molecule has 2 atom stereocenters. The zero-order valence-electron chi connectivity index (χ0n) is 14.8. The predicted octanol–water partition coefficient (Wildman–Crippen LogP) is 4.08. The Morgan fingerprint density at radius 1 is 1.33 bits per heavy atom. The Morgan fingerprint density at radius 2 is 1.96 bits per heavy atom. The number of hydrogen-bond acceptors (Lipinski definition) is 3. The largest absolute Gasteiger partial charge is 0.444 e. The highest BCUT2D eigenvalue weighted by molar-refractivity contribution is 5.70. The number of aliphatic hydroxyl groups is 1. The molecule has 0 radical (unpaired) electrons. The molecule has 1 aromatic rings. The fraction of sp³-hybridized carbons (Fsp3) is 0.550. The third-order valence-corrected chi connectivity index (χ3v) is 5.03. The Bertz CT molecular complexity index is 633. The van der Waals surface area contributed by atoms with E-state index in [4.69, 9.17) is 4.74 Å². The van der Waals surface area contributed by atoms with Crippen molar-refractivity contribution in [3.05, 3.63) is 42.0 Å². The van der Waals surface area contributed by atoms with E-state index in [0.717, 1.165) is 24.0 Å². The lowest BCUT2D eigenvalue weighted by molar-refractivity contribution is -0.0624. The van der Waals surface area contributed by atoms with Gasteiger partial charge in [-0.05, 0) is 50.8 Å². The maximum atomic E-state index is 12.5. The second kappa shape index (κ2) is 5.92. The fourth-order valence-corrected chi connectivity index (χ4v) is 4.03. The minimum absolute atomic E-state index is 0.0380. The van der Waals surface area contributed by atoms with Crippen molar-refractivity contribution in [1.29, 1.82) is 0 Å². The summed E-state index contributed by atoms with van der Waals surface area (Å²) in [4.78, 5) is 14.4. The lowest BCUT2D eigenvalue weighted by Gasteiger charge is -2.44. The number of rotatable bonds is 2. The minimum atomic E-state index is -0.886. The molecular formula is C20H27NO3. The number of amides is 1. The van der Waals surface area contributed by atoms with Crippen molar-refractivity contribution >= 4 is 12.2 Å². The zero-order chi connectivity index (χ0) is 17.5. The van der Waals surface area contributed by atoms with Crippen LogP contribution >= 0.6 is 0 Å². The van der Waals surface area contributed by atoms with Gasteiger partial charge in [0.15, 0.2) is 0 Å². The van der Waals surface area contributed by atoms with E-state index in [1.54, 1.807) is 6.08 Å². The van der Waals surface area contributed by atoms with Gasteiger partial charge in [0.1, 0.15) is 5.60 Å². The van der Waals surface area contributed by atoms with E-state index in [9.17, 15) is 9.90 Å². The highest BCUT2D eigenvalue weighted by atomic mass is 16.6. The van der Waals surface area contributed by atoms with Gasteiger partial charge in [-0.15, -0.1) is 0 Å². The molecule has 130 valence electrons. The lowest BCUT2D eigenvalue weighted by Crippen LogP contribution is -2.53. The summed E-state index contributed by atoms with van der Waals surface area (Å²) in [5.74, 6) is 0. The van der Waals surface area contributed by atoms with E-state index < -0.39 is 11.2 Å². The molecule has 0 saturated carbocycles. The number of fused-ring (bicyclic) bond motifs is 2. The summed E-state index contributed by atoms with van der Waals surface area (Å²) in [6, 6.07) is 7.97. The average molecular weight is 329 g/mol. The number of ether oxygens (including phenoxy) is 1. The van der Waals surface area contributed by atoms with E-state index in [-0.39, 0.29) is 18.2 Å². The number of piperidine rings is 1. The summed E-state index contributed by atoms with van der Waals surface area (Å²) in [6.45, 7) is 9.45. The van der Waals surface area contributed by atoms with Crippen molar-refractivity contribution in [3.63, 3.8) is 0 Å². The summed E-state index contributed by atoms with van der Waals surface area (Å²) in [5, 5.41) is 11.3. The second-order valence-electron chi connectivity index (χ2n) is 8.04. The van der Waals surface area contributed by atoms with Crippen LogP contribution in [-0.4, -0.2) is 33.8 Å². The van der Waals surface area contributed by atoms with Crippen molar-refractivity contribution in [2.45, 2.75) is 69.7 Å². The Hall–Kier alpha value is -1.81. The molecule has 1 amide bonds. The van der Waals surface area contributed by atoms with Gasteiger partial charge < -0.3 is 14.7 Å². The molecule has 2 saturated heterocycles. The van der Waals surface area contributed by atoms with E-state index in [0.29, 0.717) is 12.8 Å². The minimum Gasteiger partial charge on any atom is -0.444 e. The molecule has 0 aliphatic carbocycles. The summed E-state index contributed by atoms with van der Waals surface area (Å²) >= 11 is 0. The van der Waals surface area contributed by atoms with Gasteiger partial charge >= 0.3 is 6.09 Å². The molecule has 0 aromatic heterocycles. The Balaban J connectivity index is 1.81. The standard InChI is InChI=1S/C20H27NO3/c1-5-14-7-6-8-15(11-14)20(23)12-16-9-10-17(13-20)21(16)18(22)24-19(2,3)4/h5-8,11,16-17,23H,1,9-10,12-13H2,2-4H3. The van der Waals surface area contributed by atoms with Crippen LogP contribution in [0.1, 0.15) is 57.6 Å². The highest BCUT2D eigenvalue weighted by Gasteiger charge is 2.51. The summed E-state index contributed by atoms with van der Waals surface area (Å²) < 4.78 is 5.56. The normalized spacial score (nSPS) is 29.4. The first-order valence-electron chi connectivity index (χ1n) is 8.68. The van der Waals surface area contributed by atoms with Crippen molar-refractivity contribution in [2.24, 2.45) is 0 Å². The summed E-state index contributed by atoms with van der Waals surface area (Å²) in [6.07, 6.45) is 4.50. The van der Waals surface area contributed by atoms with Crippen LogP contribution in [0, 0.1) is 0 Å². The van der Waals surface area contributed by atoms with Crippen LogP contribution in [0.5, 0.6) is 0 Å². The Morgan fingerprint density at radius 3 is 2.50 bits per heavy atom. The predicted molar refractivity (Wildman–Crippen MR) is 94.5 cm³/mol. The fourth-order valence-electron chi connectivity index (χ4n) is 4.03. The molecule has 2 bridgehead atoms. The monoisotopic (exact) mass is 329 g/mol. The van der Waals surface area contributed by atoms with Gasteiger partial charge in [0.2, 0.25) is 0 Å². The van der Waals surface area contributed by atoms with Crippen molar-refractivity contribution in [3.8, 4) is 0 Å². The van der Waals surface area contributed by atoms with Gasteiger partial charge in [-0.2, -0.15) is 0 Å². The van der Waals surface area contributed by atoms with Gasteiger partial charge in [-0.1, -0.05) is 30.9 Å². The Kier molecular flexibility index (Phi) is 4.20. The van der Waals surface area contributed by atoms with Crippen LogP contribution < -0.4 is 0 Å². The molecule has 3 rings (SSSR count). The van der Waals surface area contributed by atoms with Gasteiger partial charge in [0.05, 0.1) is 5.60 Å². The van der Waals surface area contributed by atoms with Crippen molar-refractivity contribution in [1.82, 2.24) is 4.90 Å². The van der Waals surface area contributed by atoms with E-state index in [1.165, 1.54) is 0 Å².